The largest absolute Gasteiger partial charge is 0.337 e. The van der Waals surface area contributed by atoms with Crippen molar-refractivity contribution < 1.29 is 13.2 Å². The van der Waals surface area contributed by atoms with Gasteiger partial charge < -0.3 is 4.90 Å². The van der Waals surface area contributed by atoms with E-state index >= 15 is 0 Å². The van der Waals surface area contributed by atoms with Crippen LogP contribution in [-0.4, -0.2) is 55.5 Å². The number of sulfonamides is 1. The highest BCUT2D eigenvalue weighted by molar-refractivity contribution is 7.89. The van der Waals surface area contributed by atoms with Gasteiger partial charge in [0.25, 0.3) is 5.91 Å². The molecule has 1 fully saturated rings. The van der Waals surface area contributed by atoms with Gasteiger partial charge >= 0.3 is 0 Å². The van der Waals surface area contributed by atoms with E-state index in [4.69, 9.17) is 0 Å². The number of hydrogen-bond acceptors (Lipinski definition) is 4. The Hall–Kier alpha value is -0.920. The summed E-state index contributed by atoms with van der Waals surface area (Å²) in [6.45, 7) is 5.84. The highest BCUT2D eigenvalue weighted by Gasteiger charge is 2.26. The molecule has 118 valence electrons. The van der Waals surface area contributed by atoms with Crippen LogP contribution in [0.2, 0.25) is 0 Å². The molecule has 1 saturated heterocycles. The van der Waals surface area contributed by atoms with E-state index in [2.05, 4.69) is 0 Å². The number of carbonyl (C=O) groups excluding carboxylic acids is 1. The minimum absolute atomic E-state index is 0.0165. The SMILES string of the molecule is CCCS(=O)(=O)N1CCCN(C(=O)c2ccc(C)s2)CC1. The van der Waals surface area contributed by atoms with Crippen LogP contribution in [0.5, 0.6) is 0 Å². The van der Waals surface area contributed by atoms with E-state index in [1.54, 1.807) is 4.90 Å². The Morgan fingerprint density at radius 2 is 2.00 bits per heavy atom. The van der Waals surface area contributed by atoms with Gasteiger partial charge in [0.05, 0.1) is 10.6 Å². The Morgan fingerprint density at radius 1 is 1.24 bits per heavy atom. The lowest BCUT2D eigenvalue weighted by molar-refractivity contribution is 0.0769. The highest BCUT2D eigenvalue weighted by Crippen LogP contribution is 2.19. The van der Waals surface area contributed by atoms with E-state index in [-0.39, 0.29) is 11.7 Å². The molecule has 2 rings (SSSR count). The summed E-state index contributed by atoms with van der Waals surface area (Å²) < 4.78 is 25.8. The number of aryl methyl sites for hydroxylation is 1. The Morgan fingerprint density at radius 3 is 2.62 bits per heavy atom. The average Bonchev–Trinajstić information content (AvgIpc) is 2.72. The topological polar surface area (TPSA) is 57.7 Å². The van der Waals surface area contributed by atoms with Gasteiger partial charge in [-0.15, -0.1) is 11.3 Å². The van der Waals surface area contributed by atoms with Crippen molar-refractivity contribution in [3.05, 3.63) is 21.9 Å². The predicted molar refractivity (Wildman–Crippen MR) is 85.2 cm³/mol. The third kappa shape index (κ3) is 4.05. The number of carbonyl (C=O) groups is 1. The maximum atomic E-state index is 12.4. The fourth-order valence-electron chi connectivity index (χ4n) is 2.47. The molecule has 1 aliphatic heterocycles. The monoisotopic (exact) mass is 330 g/mol. The molecular weight excluding hydrogens is 308 g/mol. The summed E-state index contributed by atoms with van der Waals surface area (Å²) >= 11 is 1.49. The Kier molecular flexibility index (Phi) is 5.40. The first-order valence-corrected chi connectivity index (χ1v) is 9.70. The second-order valence-electron chi connectivity index (χ2n) is 5.27. The van der Waals surface area contributed by atoms with Crippen molar-refractivity contribution >= 4 is 27.3 Å². The molecule has 2 heterocycles. The lowest BCUT2D eigenvalue weighted by atomic mass is 10.3. The summed E-state index contributed by atoms with van der Waals surface area (Å²) in [6.07, 6.45) is 1.31. The van der Waals surface area contributed by atoms with Crippen LogP contribution in [0.15, 0.2) is 12.1 Å². The number of hydrogen-bond donors (Lipinski definition) is 0. The molecule has 0 saturated carbocycles. The van der Waals surface area contributed by atoms with Crippen LogP contribution < -0.4 is 0 Å². The highest BCUT2D eigenvalue weighted by atomic mass is 32.2. The summed E-state index contributed by atoms with van der Waals surface area (Å²) in [5, 5.41) is 0. The first-order chi connectivity index (χ1) is 9.94. The third-order valence-electron chi connectivity index (χ3n) is 3.55. The van der Waals surface area contributed by atoms with Gasteiger partial charge in [-0.3, -0.25) is 4.79 Å². The van der Waals surface area contributed by atoms with Crippen LogP contribution in [-0.2, 0) is 10.0 Å². The van der Waals surface area contributed by atoms with E-state index in [1.807, 2.05) is 26.0 Å². The molecule has 0 bridgehead atoms. The first-order valence-electron chi connectivity index (χ1n) is 7.27. The Bertz CT molecular complexity index is 595. The van der Waals surface area contributed by atoms with Crippen LogP contribution in [0.4, 0.5) is 0 Å². The molecule has 5 nitrogen and oxygen atoms in total. The van der Waals surface area contributed by atoms with Crippen LogP contribution >= 0.6 is 11.3 Å². The summed E-state index contributed by atoms with van der Waals surface area (Å²) in [4.78, 5) is 16.0. The second-order valence-corrected chi connectivity index (χ2v) is 8.65. The van der Waals surface area contributed by atoms with E-state index in [1.165, 1.54) is 15.6 Å². The van der Waals surface area contributed by atoms with Crippen molar-refractivity contribution in [1.82, 2.24) is 9.21 Å². The molecule has 1 aromatic rings. The van der Waals surface area contributed by atoms with Gasteiger partial charge in [0.1, 0.15) is 0 Å². The normalized spacial score (nSPS) is 17.7. The van der Waals surface area contributed by atoms with Crippen molar-refractivity contribution in [3.63, 3.8) is 0 Å². The summed E-state index contributed by atoms with van der Waals surface area (Å²) in [7, 11) is -3.17. The van der Waals surface area contributed by atoms with Gasteiger partial charge in [-0.1, -0.05) is 6.92 Å². The molecule has 0 radical (unpaired) electrons. The fourth-order valence-corrected chi connectivity index (χ4v) is 4.84. The van der Waals surface area contributed by atoms with E-state index in [9.17, 15) is 13.2 Å². The number of nitrogens with zero attached hydrogens (tertiary/aromatic N) is 2. The molecule has 7 heteroatoms. The molecule has 1 aliphatic rings. The summed E-state index contributed by atoms with van der Waals surface area (Å²) in [6, 6.07) is 3.78. The number of amides is 1. The van der Waals surface area contributed by atoms with Gasteiger partial charge in [-0.2, -0.15) is 0 Å². The molecule has 21 heavy (non-hydrogen) atoms. The van der Waals surface area contributed by atoms with Gasteiger partial charge in [0.15, 0.2) is 0 Å². The third-order valence-corrected chi connectivity index (χ3v) is 6.61. The molecule has 0 atom stereocenters. The quantitative estimate of drug-likeness (QED) is 0.848. The molecular formula is C14H22N2O3S2. The van der Waals surface area contributed by atoms with Crippen LogP contribution in [0, 0.1) is 6.92 Å². The Labute approximate surface area is 130 Å². The van der Waals surface area contributed by atoms with E-state index < -0.39 is 10.0 Å². The molecule has 0 aliphatic carbocycles. The maximum Gasteiger partial charge on any atom is 0.263 e. The van der Waals surface area contributed by atoms with Crippen LogP contribution in [0.1, 0.15) is 34.3 Å². The van der Waals surface area contributed by atoms with Crippen molar-refractivity contribution in [2.45, 2.75) is 26.7 Å². The standard InChI is InChI=1S/C14H22N2O3S2/c1-3-11-21(18,19)16-8-4-7-15(9-10-16)14(17)13-6-5-12(2)20-13/h5-6H,3-4,7-11H2,1-2H3. The summed E-state index contributed by atoms with van der Waals surface area (Å²) in [5.74, 6) is 0.202. The molecule has 1 aromatic heterocycles. The summed E-state index contributed by atoms with van der Waals surface area (Å²) in [5.41, 5.74) is 0. The van der Waals surface area contributed by atoms with Gasteiger partial charge in [0, 0.05) is 31.1 Å². The van der Waals surface area contributed by atoms with Crippen molar-refractivity contribution in [1.29, 1.82) is 0 Å². The lowest BCUT2D eigenvalue weighted by Gasteiger charge is -2.21. The van der Waals surface area contributed by atoms with Crippen LogP contribution in [0.25, 0.3) is 0 Å². The number of thiophene rings is 1. The molecule has 1 amide bonds. The maximum absolute atomic E-state index is 12.4. The average molecular weight is 330 g/mol. The second kappa shape index (κ2) is 6.89. The van der Waals surface area contributed by atoms with Crippen molar-refractivity contribution in [2.24, 2.45) is 0 Å². The zero-order valence-corrected chi connectivity index (χ0v) is 14.2. The van der Waals surface area contributed by atoms with E-state index in [0.717, 1.165) is 9.75 Å². The lowest BCUT2D eigenvalue weighted by Crippen LogP contribution is -2.38. The first kappa shape index (κ1) is 16.5. The smallest absolute Gasteiger partial charge is 0.263 e. The minimum atomic E-state index is -3.17. The molecule has 0 aromatic carbocycles. The zero-order valence-electron chi connectivity index (χ0n) is 12.5. The van der Waals surface area contributed by atoms with Gasteiger partial charge in [0.2, 0.25) is 10.0 Å². The fraction of sp³-hybridized carbons (Fsp3) is 0.643. The zero-order chi connectivity index (χ0) is 15.5. The Balaban J connectivity index is 2.02. The molecule has 0 spiro atoms. The van der Waals surface area contributed by atoms with E-state index in [0.29, 0.717) is 39.0 Å². The number of rotatable bonds is 4. The van der Waals surface area contributed by atoms with Crippen molar-refractivity contribution in [3.8, 4) is 0 Å². The van der Waals surface area contributed by atoms with Crippen LogP contribution in [0.3, 0.4) is 0 Å². The van der Waals surface area contributed by atoms with Crippen molar-refractivity contribution in [2.75, 3.05) is 31.9 Å². The molecule has 0 N–H and O–H groups in total. The van der Waals surface area contributed by atoms with Gasteiger partial charge in [-0.25, -0.2) is 12.7 Å². The minimum Gasteiger partial charge on any atom is -0.337 e. The van der Waals surface area contributed by atoms with Gasteiger partial charge in [-0.05, 0) is 31.9 Å². The predicted octanol–water partition coefficient (Wildman–Crippen LogP) is 1.94. The molecule has 0 unspecified atom stereocenters.